The second kappa shape index (κ2) is 9.75. The van der Waals surface area contributed by atoms with Crippen molar-refractivity contribution in [1.29, 1.82) is 0 Å². The van der Waals surface area contributed by atoms with E-state index in [1.54, 1.807) is 7.11 Å². The number of nitrogens with one attached hydrogen (secondary N) is 1. The number of imidazole rings is 1. The minimum absolute atomic E-state index is 0.544. The highest BCUT2D eigenvalue weighted by Crippen LogP contribution is 2.32. The maximum Gasteiger partial charge on any atom is 0.139 e. The van der Waals surface area contributed by atoms with Crippen LogP contribution >= 0.6 is 11.6 Å². The molecule has 5 nitrogen and oxygen atoms in total. The molecule has 1 aliphatic carbocycles. The summed E-state index contributed by atoms with van der Waals surface area (Å²) in [6.07, 6.45) is 4.38. The minimum Gasteiger partial charge on any atom is -0.382 e. The summed E-state index contributed by atoms with van der Waals surface area (Å²) in [5, 5.41) is 0.736. The Bertz CT molecular complexity index is 1080. The van der Waals surface area contributed by atoms with E-state index in [-0.39, 0.29) is 0 Å². The molecule has 3 aromatic rings. The van der Waals surface area contributed by atoms with Gasteiger partial charge in [-0.3, -0.25) is 4.90 Å². The molecule has 0 bridgehead atoms. The predicted octanol–water partition coefficient (Wildman–Crippen LogP) is 4.81. The lowest BCUT2D eigenvalue weighted by atomic mass is 9.84. The van der Waals surface area contributed by atoms with Gasteiger partial charge >= 0.3 is 0 Å². The molecule has 1 aromatic heterocycles. The number of rotatable bonds is 7. The van der Waals surface area contributed by atoms with Crippen LogP contribution in [0.2, 0.25) is 5.02 Å². The van der Waals surface area contributed by atoms with Crippen LogP contribution in [0, 0.1) is 0 Å². The second-order valence-electron chi connectivity index (χ2n) is 8.71. The highest BCUT2D eigenvalue weighted by atomic mass is 35.5. The summed E-state index contributed by atoms with van der Waals surface area (Å²) in [4.78, 5) is 11.1. The van der Waals surface area contributed by atoms with Gasteiger partial charge in [-0.25, -0.2) is 4.98 Å². The zero-order valence-electron chi connectivity index (χ0n) is 18.6. The van der Waals surface area contributed by atoms with E-state index < -0.39 is 0 Å². The molecule has 168 valence electrons. The first kappa shape index (κ1) is 21.7. The molecule has 0 saturated carbocycles. The summed E-state index contributed by atoms with van der Waals surface area (Å²) in [7, 11) is 1.71. The number of aryl methyl sites for hydroxylation is 1. The van der Waals surface area contributed by atoms with Crippen LogP contribution in [0.5, 0.6) is 0 Å². The van der Waals surface area contributed by atoms with Crippen LogP contribution in [-0.2, 0) is 41.9 Å². The minimum atomic E-state index is 0.544. The van der Waals surface area contributed by atoms with E-state index in [0.717, 1.165) is 48.8 Å². The molecule has 0 radical (unpaired) electrons. The van der Waals surface area contributed by atoms with Gasteiger partial charge in [-0.2, -0.15) is 0 Å². The van der Waals surface area contributed by atoms with Gasteiger partial charge in [0.05, 0.1) is 36.2 Å². The van der Waals surface area contributed by atoms with Gasteiger partial charge in [0.2, 0.25) is 0 Å². The maximum atomic E-state index is 6.40. The van der Waals surface area contributed by atoms with Crippen LogP contribution in [0.4, 0.5) is 0 Å². The van der Waals surface area contributed by atoms with Crippen molar-refractivity contribution in [2.24, 2.45) is 0 Å². The lowest BCUT2D eigenvalue weighted by Crippen LogP contribution is -2.42. The molecule has 1 aliphatic heterocycles. The summed E-state index contributed by atoms with van der Waals surface area (Å²) < 4.78 is 11.0. The van der Waals surface area contributed by atoms with Crippen molar-refractivity contribution < 1.29 is 9.47 Å². The Hall–Kier alpha value is -2.18. The van der Waals surface area contributed by atoms with Gasteiger partial charge in [0.25, 0.3) is 0 Å². The van der Waals surface area contributed by atoms with E-state index >= 15 is 0 Å². The first-order chi connectivity index (χ1) is 15.7. The number of fused-ring (bicyclic) bond motifs is 2. The number of aromatic nitrogens is 2. The van der Waals surface area contributed by atoms with Crippen molar-refractivity contribution in [3.8, 4) is 11.4 Å². The van der Waals surface area contributed by atoms with Crippen LogP contribution in [-0.4, -0.2) is 47.8 Å². The topological polar surface area (TPSA) is 50.4 Å². The summed E-state index contributed by atoms with van der Waals surface area (Å²) in [6, 6.07) is 15.1. The fraction of sp³-hybridized carbons (Fsp3) is 0.423. The van der Waals surface area contributed by atoms with E-state index in [0.29, 0.717) is 25.9 Å². The zero-order chi connectivity index (χ0) is 21.9. The third-order valence-corrected chi connectivity index (χ3v) is 7.08. The van der Waals surface area contributed by atoms with Crippen LogP contribution < -0.4 is 0 Å². The molecule has 0 spiro atoms. The Morgan fingerprint density at radius 2 is 2.03 bits per heavy atom. The SMILES string of the molecule is COCCOCc1cccc2c1CC(N1CCc3nc(-c4ccccc4Cl)[nH]c3C1)CC2. The summed E-state index contributed by atoms with van der Waals surface area (Å²) in [5.41, 5.74) is 7.67. The first-order valence-electron chi connectivity index (χ1n) is 11.5. The first-order valence-corrected chi connectivity index (χ1v) is 11.8. The lowest BCUT2D eigenvalue weighted by molar-refractivity contribution is 0.0610. The summed E-state index contributed by atoms with van der Waals surface area (Å²) >= 11 is 6.40. The number of ether oxygens (including phenoxy) is 2. The molecule has 5 rings (SSSR count). The van der Waals surface area contributed by atoms with Gasteiger partial charge in [0.15, 0.2) is 0 Å². The molecule has 1 unspecified atom stereocenters. The van der Waals surface area contributed by atoms with E-state index in [1.165, 1.54) is 34.5 Å². The number of hydrogen-bond donors (Lipinski definition) is 1. The van der Waals surface area contributed by atoms with Crippen molar-refractivity contribution in [2.75, 3.05) is 26.9 Å². The monoisotopic (exact) mass is 451 g/mol. The Morgan fingerprint density at radius 3 is 2.91 bits per heavy atom. The highest BCUT2D eigenvalue weighted by molar-refractivity contribution is 6.33. The van der Waals surface area contributed by atoms with Gasteiger partial charge in [-0.15, -0.1) is 0 Å². The fourth-order valence-corrected chi connectivity index (χ4v) is 5.25. The molecular weight excluding hydrogens is 422 g/mol. The van der Waals surface area contributed by atoms with Crippen LogP contribution in [0.15, 0.2) is 42.5 Å². The highest BCUT2D eigenvalue weighted by Gasteiger charge is 2.30. The van der Waals surface area contributed by atoms with Gasteiger partial charge < -0.3 is 14.5 Å². The van der Waals surface area contributed by atoms with Gasteiger partial charge in [-0.1, -0.05) is 41.9 Å². The molecule has 2 aliphatic rings. The Balaban J connectivity index is 1.30. The smallest absolute Gasteiger partial charge is 0.139 e. The third kappa shape index (κ3) is 4.48. The van der Waals surface area contributed by atoms with Crippen LogP contribution in [0.25, 0.3) is 11.4 Å². The number of benzene rings is 2. The van der Waals surface area contributed by atoms with E-state index in [1.807, 2.05) is 24.3 Å². The van der Waals surface area contributed by atoms with E-state index in [9.17, 15) is 0 Å². The predicted molar refractivity (Wildman–Crippen MR) is 127 cm³/mol. The molecule has 2 heterocycles. The van der Waals surface area contributed by atoms with Gasteiger partial charge in [0, 0.05) is 38.2 Å². The molecule has 0 saturated heterocycles. The largest absolute Gasteiger partial charge is 0.382 e. The third-order valence-electron chi connectivity index (χ3n) is 6.75. The molecule has 2 aromatic carbocycles. The quantitative estimate of drug-likeness (QED) is 0.524. The number of halogens is 1. The fourth-order valence-electron chi connectivity index (χ4n) is 5.02. The normalized spacial score (nSPS) is 18.4. The van der Waals surface area contributed by atoms with E-state index in [4.69, 9.17) is 26.1 Å². The molecule has 0 amide bonds. The van der Waals surface area contributed by atoms with E-state index in [2.05, 4.69) is 28.1 Å². The van der Waals surface area contributed by atoms with Gasteiger partial charge in [-0.05, 0) is 48.1 Å². The maximum absolute atomic E-state index is 6.40. The Kier molecular flexibility index (Phi) is 6.60. The number of aromatic amines is 1. The van der Waals surface area contributed by atoms with Crippen LogP contribution in [0.1, 0.15) is 34.5 Å². The Labute approximate surface area is 194 Å². The average Bonchev–Trinajstić information content (AvgIpc) is 3.25. The summed E-state index contributed by atoms with van der Waals surface area (Å²) in [6.45, 7) is 3.89. The Morgan fingerprint density at radius 1 is 1.12 bits per heavy atom. The molecule has 32 heavy (non-hydrogen) atoms. The molecule has 1 N–H and O–H groups in total. The average molecular weight is 452 g/mol. The lowest BCUT2D eigenvalue weighted by Gasteiger charge is -2.37. The van der Waals surface area contributed by atoms with Crippen molar-refractivity contribution in [3.63, 3.8) is 0 Å². The molecular formula is C26H30ClN3O2. The molecule has 6 heteroatoms. The van der Waals surface area contributed by atoms with Crippen LogP contribution in [0.3, 0.4) is 0 Å². The number of nitrogens with zero attached hydrogens (tertiary/aromatic N) is 2. The molecule has 1 atom stereocenters. The second-order valence-corrected chi connectivity index (χ2v) is 9.12. The standard InChI is InChI=1S/C26H30ClN3O2/c1-31-13-14-32-17-19-6-4-5-18-9-10-20(15-22(18)19)30-12-11-24-25(16-30)29-26(28-24)21-7-2-3-8-23(21)27/h2-8,20H,9-17H2,1H3,(H,28,29). The molecule has 0 fully saturated rings. The summed E-state index contributed by atoms with van der Waals surface area (Å²) in [5.74, 6) is 0.881. The number of H-pyrrole nitrogens is 1. The number of methoxy groups -OCH3 is 1. The van der Waals surface area contributed by atoms with Crippen molar-refractivity contribution in [3.05, 3.63) is 75.6 Å². The number of hydrogen-bond acceptors (Lipinski definition) is 4. The van der Waals surface area contributed by atoms with Gasteiger partial charge in [0.1, 0.15) is 5.82 Å². The van der Waals surface area contributed by atoms with Crippen molar-refractivity contribution >= 4 is 11.6 Å². The zero-order valence-corrected chi connectivity index (χ0v) is 19.3. The van der Waals surface area contributed by atoms with Crippen molar-refractivity contribution in [1.82, 2.24) is 14.9 Å². The van der Waals surface area contributed by atoms with Crippen molar-refractivity contribution in [2.45, 2.75) is 44.9 Å².